The summed E-state index contributed by atoms with van der Waals surface area (Å²) in [4.78, 5) is 34.4. The standard InChI is InChI=1S/C19H21ClN6O2/c1-12-4-2-3-8-23(12)16(27)11-25-19(28)26-15-10-13(20)5-6-14(15)17-21-7-9-24(17)18(26)22-25/h5-6,10,12H,2-4,7-9,11H2,1H3/t12-/m0/s1. The Morgan fingerprint density at radius 1 is 1.29 bits per heavy atom. The quantitative estimate of drug-likeness (QED) is 0.768. The summed E-state index contributed by atoms with van der Waals surface area (Å²) in [6, 6.07) is 5.62. The van der Waals surface area contributed by atoms with Gasteiger partial charge >= 0.3 is 5.69 Å². The molecular weight excluding hydrogens is 380 g/mol. The summed E-state index contributed by atoms with van der Waals surface area (Å²) in [5.74, 6) is 1.23. The Morgan fingerprint density at radius 3 is 2.96 bits per heavy atom. The van der Waals surface area contributed by atoms with Crippen LogP contribution in [-0.4, -0.2) is 56.7 Å². The Balaban J connectivity index is 1.56. The van der Waals surface area contributed by atoms with Gasteiger partial charge in [0, 0.05) is 29.7 Å². The molecule has 1 aromatic carbocycles. The number of fused-ring (bicyclic) bond motifs is 6. The predicted octanol–water partition coefficient (Wildman–Crippen LogP) is 1.67. The second kappa shape index (κ2) is 6.48. The third-order valence-corrected chi connectivity index (χ3v) is 5.99. The van der Waals surface area contributed by atoms with Crippen molar-refractivity contribution >= 4 is 29.3 Å². The zero-order chi connectivity index (χ0) is 19.4. The number of hydrogen-bond acceptors (Lipinski definition) is 5. The van der Waals surface area contributed by atoms with Crippen molar-refractivity contribution in [3.63, 3.8) is 0 Å². The Hall–Kier alpha value is -2.61. The van der Waals surface area contributed by atoms with Crippen molar-refractivity contribution in [2.24, 2.45) is 4.99 Å². The molecule has 5 rings (SSSR count). The molecule has 1 fully saturated rings. The average Bonchev–Trinajstić information content (AvgIpc) is 3.28. The summed E-state index contributed by atoms with van der Waals surface area (Å²) in [5.41, 5.74) is 1.18. The summed E-state index contributed by atoms with van der Waals surface area (Å²) in [5, 5.41) is 5.04. The van der Waals surface area contributed by atoms with Crippen molar-refractivity contribution in [3.05, 3.63) is 39.3 Å². The zero-order valence-corrected chi connectivity index (χ0v) is 16.4. The van der Waals surface area contributed by atoms with Crippen LogP contribution in [0.1, 0.15) is 31.7 Å². The van der Waals surface area contributed by atoms with Crippen LogP contribution in [0.5, 0.6) is 0 Å². The largest absolute Gasteiger partial charge is 0.352 e. The van der Waals surface area contributed by atoms with Gasteiger partial charge in [-0.3, -0.25) is 14.7 Å². The first kappa shape index (κ1) is 17.5. The molecule has 0 unspecified atom stereocenters. The number of carbonyl (C=O) groups is 1. The monoisotopic (exact) mass is 400 g/mol. The number of nitrogens with zero attached hydrogens (tertiary/aromatic N) is 6. The number of halogens is 1. The molecule has 146 valence electrons. The number of rotatable bonds is 2. The minimum Gasteiger partial charge on any atom is -0.338 e. The van der Waals surface area contributed by atoms with Crippen LogP contribution >= 0.6 is 11.6 Å². The molecule has 0 bridgehead atoms. The molecule has 1 saturated heterocycles. The first-order chi connectivity index (χ1) is 13.5. The van der Waals surface area contributed by atoms with Crippen LogP contribution in [0.3, 0.4) is 0 Å². The van der Waals surface area contributed by atoms with Crippen molar-refractivity contribution in [1.29, 1.82) is 0 Å². The number of amides is 1. The third-order valence-electron chi connectivity index (χ3n) is 5.75. The second-order valence-electron chi connectivity index (χ2n) is 7.53. The lowest BCUT2D eigenvalue weighted by molar-refractivity contribution is -0.135. The molecule has 1 aromatic heterocycles. The van der Waals surface area contributed by atoms with Crippen LogP contribution in [-0.2, 0) is 11.3 Å². The predicted molar refractivity (Wildman–Crippen MR) is 107 cm³/mol. The van der Waals surface area contributed by atoms with Gasteiger partial charge in [0.05, 0.1) is 12.2 Å². The van der Waals surface area contributed by atoms with E-state index in [1.165, 1.54) is 4.68 Å². The van der Waals surface area contributed by atoms with E-state index in [-0.39, 0.29) is 24.2 Å². The maximum Gasteiger partial charge on any atom is 0.352 e. The molecule has 28 heavy (non-hydrogen) atoms. The lowest BCUT2D eigenvalue weighted by atomic mass is 10.0. The molecule has 1 atom stereocenters. The minimum atomic E-state index is -0.331. The van der Waals surface area contributed by atoms with E-state index in [1.54, 1.807) is 16.7 Å². The number of piperidine rings is 1. The number of aliphatic imine (C=N–C) groups is 1. The number of amidine groups is 1. The van der Waals surface area contributed by atoms with E-state index in [1.807, 2.05) is 15.9 Å². The van der Waals surface area contributed by atoms with Crippen LogP contribution in [0.4, 0.5) is 5.95 Å². The molecule has 2 aromatic rings. The summed E-state index contributed by atoms with van der Waals surface area (Å²) >= 11 is 6.19. The maximum absolute atomic E-state index is 13.2. The molecule has 3 aliphatic heterocycles. The van der Waals surface area contributed by atoms with Gasteiger partial charge in [-0.1, -0.05) is 11.6 Å². The van der Waals surface area contributed by atoms with Crippen molar-refractivity contribution in [2.75, 3.05) is 24.5 Å². The molecule has 0 aliphatic carbocycles. The SMILES string of the molecule is C[C@H]1CCCCN1C(=O)Cn1nc2n(c1=O)-c1cc(Cl)ccc1C1=NCCN12. The number of benzene rings is 1. The van der Waals surface area contributed by atoms with Crippen LogP contribution < -0.4 is 10.6 Å². The number of aromatic nitrogens is 3. The van der Waals surface area contributed by atoms with E-state index < -0.39 is 0 Å². The fraction of sp³-hybridized carbons (Fsp3) is 0.474. The number of anilines is 1. The summed E-state index contributed by atoms with van der Waals surface area (Å²) in [6.45, 7) is 4.04. The van der Waals surface area contributed by atoms with E-state index in [2.05, 4.69) is 17.0 Å². The van der Waals surface area contributed by atoms with Crippen molar-refractivity contribution in [3.8, 4) is 5.69 Å². The zero-order valence-electron chi connectivity index (χ0n) is 15.6. The Bertz CT molecular complexity index is 1060. The van der Waals surface area contributed by atoms with Crippen molar-refractivity contribution < 1.29 is 4.79 Å². The minimum absolute atomic E-state index is 0.0562. The van der Waals surface area contributed by atoms with Gasteiger partial charge in [-0.15, -0.1) is 5.10 Å². The maximum atomic E-state index is 13.2. The average molecular weight is 401 g/mol. The molecular formula is C19H21ClN6O2. The molecule has 8 nitrogen and oxygen atoms in total. The fourth-order valence-electron chi connectivity index (χ4n) is 4.32. The van der Waals surface area contributed by atoms with Gasteiger partial charge in [-0.2, -0.15) is 0 Å². The highest BCUT2D eigenvalue weighted by molar-refractivity contribution is 6.31. The van der Waals surface area contributed by atoms with E-state index in [0.717, 1.165) is 37.2 Å². The molecule has 9 heteroatoms. The Kier molecular flexibility index (Phi) is 4.04. The van der Waals surface area contributed by atoms with E-state index >= 15 is 0 Å². The smallest absolute Gasteiger partial charge is 0.338 e. The summed E-state index contributed by atoms with van der Waals surface area (Å²) < 4.78 is 2.81. The van der Waals surface area contributed by atoms with Crippen LogP contribution in [0.25, 0.3) is 5.69 Å². The van der Waals surface area contributed by atoms with Gasteiger partial charge < -0.3 is 4.90 Å². The van der Waals surface area contributed by atoms with Gasteiger partial charge in [-0.05, 0) is 44.4 Å². The topological polar surface area (TPSA) is 75.7 Å². The highest BCUT2D eigenvalue weighted by Crippen LogP contribution is 2.31. The Morgan fingerprint density at radius 2 is 2.14 bits per heavy atom. The molecule has 0 N–H and O–H groups in total. The van der Waals surface area contributed by atoms with E-state index in [9.17, 15) is 9.59 Å². The van der Waals surface area contributed by atoms with Crippen molar-refractivity contribution in [2.45, 2.75) is 38.8 Å². The number of hydrogen-bond donors (Lipinski definition) is 0. The van der Waals surface area contributed by atoms with Gasteiger partial charge in [0.25, 0.3) is 0 Å². The van der Waals surface area contributed by atoms with Gasteiger partial charge in [0.1, 0.15) is 12.4 Å². The van der Waals surface area contributed by atoms with Crippen molar-refractivity contribution in [1.82, 2.24) is 19.2 Å². The van der Waals surface area contributed by atoms with Gasteiger partial charge in [0.15, 0.2) is 0 Å². The fourth-order valence-corrected chi connectivity index (χ4v) is 4.49. The first-order valence-electron chi connectivity index (χ1n) is 9.66. The van der Waals surface area contributed by atoms with E-state index in [4.69, 9.17) is 11.6 Å². The second-order valence-corrected chi connectivity index (χ2v) is 7.96. The lowest BCUT2D eigenvalue weighted by Gasteiger charge is -2.33. The lowest BCUT2D eigenvalue weighted by Crippen LogP contribution is -2.44. The molecule has 0 saturated carbocycles. The first-order valence-corrected chi connectivity index (χ1v) is 10.0. The highest BCUT2D eigenvalue weighted by atomic mass is 35.5. The Labute approximate surface area is 167 Å². The number of likely N-dealkylation sites (tertiary alicyclic amines) is 1. The molecule has 3 aliphatic rings. The normalized spacial score (nSPS) is 20.5. The molecule has 0 radical (unpaired) electrons. The molecule has 4 heterocycles. The van der Waals surface area contributed by atoms with E-state index in [0.29, 0.717) is 29.7 Å². The highest BCUT2D eigenvalue weighted by Gasteiger charge is 2.35. The van der Waals surface area contributed by atoms with Crippen LogP contribution in [0, 0.1) is 0 Å². The summed E-state index contributed by atoms with van der Waals surface area (Å²) in [6.07, 6.45) is 3.14. The summed E-state index contributed by atoms with van der Waals surface area (Å²) in [7, 11) is 0. The van der Waals surface area contributed by atoms with Gasteiger partial charge in [0.2, 0.25) is 11.9 Å². The molecule has 1 amide bonds. The van der Waals surface area contributed by atoms with Gasteiger partial charge in [-0.25, -0.2) is 14.0 Å². The molecule has 0 spiro atoms. The van der Waals surface area contributed by atoms with Crippen LogP contribution in [0.2, 0.25) is 5.02 Å². The third kappa shape index (κ3) is 2.58. The number of carbonyl (C=O) groups excluding carboxylic acids is 1. The van der Waals surface area contributed by atoms with Crippen LogP contribution in [0.15, 0.2) is 28.0 Å².